The molecule has 0 bridgehead atoms. The first-order valence-electron chi connectivity index (χ1n) is 9.82. The highest BCUT2D eigenvalue weighted by atomic mass is 16.5. The van der Waals surface area contributed by atoms with Gasteiger partial charge in [0.05, 0.1) is 7.11 Å². The van der Waals surface area contributed by atoms with Gasteiger partial charge in [-0.3, -0.25) is 0 Å². The molecule has 2 amide bonds. The van der Waals surface area contributed by atoms with E-state index in [0.717, 1.165) is 36.5 Å². The van der Waals surface area contributed by atoms with Crippen LogP contribution in [0.25, 0.3) is 5.82 Å². The van der Waals surface area contributed by atoms with E-state index < -0.39 is 0 Å². The fraction of sp³-hybridized carbons (Fsp3) is 0.318. The number of nitrogens with zero attached hydrogens (tertiary/aromatic N) is 4. The largest absolute Gasteiger partial charge is 0.497 e. The summed E-state index contributed by atoms with van der Waals surface area (Å²) in [5, 5.41) is 7.27. The average molecular weight is 389 g/mol. The van der Waals surface area contributed by atoms with Crippen molar-refractivity contribution in [2.75, 3.05) is 13.7 Å². The zero-order valence-corrected chi connectivity index (χ0v) is 16.3. The second kappa shape index (κ2) is 6.92. The Kier molecular flexibility index (Phi) is 4.23. The van der Waals surface area contributed by atoms with Gasteiger partial charge in [0, 0.05) is 43.6 Å². The summed E-state index contributed by atoms with van der Waals surface area (Å²) in [5.74, 6) is 1.62. The molecule has 5 rings (SSSR count). The van der Waals surface area contributed by atoms with Crippen LogP contribution < -0.4 is 10.1 Å². The third-order valence-corrected chi connectivity index (χ3v) is 5.88. The number of hydrogen-bond donors (Lipinski definition) is 1. The summed E-state index contributed by atoms with van der Waals surface area (Å²) in [6, 6.07) is 11.9. The van der Waals surface area contributed by atoms with Crippen LogP contribution in [0.4, 0.5) is 4.79 Å². The molecule has 1 fully saturated rings. The molecule has 1 aliphatic heterocycles. The Hall–Kier alpha value is -3.35. The Bertz CT molecular complexity index is 1040. The maximum absolute atomic E-state index is 12.9. The summed E-state index contributed by atoms with van der Waals surface area (Å²) in [6.07, 6.45) is 7.54. The number of carbonyl (C=O) groups excluding carboxylic acids is 1. The van der Waals surface area contributed by atoms with Crippen molar-refractivity contribution in [1.82, 2.24) is 25.0 Å². The zero-order chi connectivity index (χ0) is 19.8. The van der Waals surface area contributed by atoms with E-state index in [4.69, 9.17) is 4.74 Å². The number of fused-ring (bicyclic) bond motifs is 2. The maximum atomic E-state index is 12.9. The minimum atomic E-state index is -0.0322. The molecule has 29 heavy (non-hydrogen) atoms. The second-order valence-corrected chi connectivity index (χ2v) is 7.79. The molecule has 3 aromatic rings. The molecule has 1 saturated carbocycles. The number of pyridine rings is 1. The summed E-state index contributed by atoms with van der Waals surface area (Å²) in [4.78, 5) is 19.2. The van der Waals surface area contributed by atoms with E-state index in [1.807, 2.05) is 35.4 Å². The van der Waals surface area contributed by atoms with Gasteiger partial charge in [0.2, 0.25) is 0 Å². The fourth-order valence-electron chi connectivity index (χ4n) is 4.14. The fourth-order valence-corrected chi connectivity index (χ4v) is 4.14. The zero-order valence-electron chi connectivity index (χ0n) is 16.3. The average Bonchev–Trinajstić information content (AvgIpc) is 3.30. The van der Waals surface area contributed by atoms with Gasteiger partial charge < -0.3 is 15.0 Å². The van der Waals surface area contributed by atoms with E-state index in [1.165, 1.54) is 11.1 Å². The molecular formula is C22H23N5O2. The van der Waals surface area contributed by atoms with Crippen molar-refractivity contribution in [3.63, 3.8) is 0 Å². The highest BCUT2D eigenvalue weighted by molar-refractivity contribution is 5.75. The highest BCUT2D eigenvalue weighted by Gasteiger charge is 2.50. The number of benzene rings is 1. The summed E-state index contributed by atoms with van der Waals surface area (Å²) < 4.78 is 7.10. The molecule has 1 N–H and O–H groups in total. The van der Waals surface area contributed by atoms with Crippen molar-refractivity contribution >= 4 is 6.03 Å². The number of carbonyl (C=O) groups is 1. The van der Waals surface area contributed by atoms with Crippen molar-refractivity contribution < 1.29 is 9.53 Å². The van der Waals surface area contributed by atoms with Crippen molar-refractivity contribution in [1.29, 1.82) is 0 Å². The van der Waals surface area contributed by atoms with Crippen LogP contribution in [0.2, 0.25) is 0 Å². The molecular weight excluding hydrogens is 366 g/mol. The lowest BCUT2D eigenvalue weighted by Gasteiger charge is -2.35. The van der Waals surface area contributed by atoms with Gasteiger partial charge in [-0.25, -0.2) is 14.5 Å². The van der Waals surface area contributed by atoms with Gasteiger partial charge in [-0.05, 0) is 59.9 Å². The summed E-state index contributed by atoms with van der Waals surface area (Å²) in [6.45, 7) is 1.84. The van der Waals surface area contributed by atoms with E-state index in [-0.39, 0.29) is 11.4 Å². The summed E-state index contributed by atoms with van der Waals surface area (Å²) in [7, 11) is 1.70. The normalized spacial score (nSPS) is 16.4. The molecule has 2 aromatic heterocycles. The molecule has 148 valence electrons. The predicted molar refractivity (Wildman–Crippen MR) is 108 cm³/mol. The predicted octanol–water partition coefficient (Wildman–Crippen LogP) is 3.03. The summed E-state index contributed by atoms with van der Waals surface area (Å²) >= 11 is 0. The minimum Gasteiger partial charge on any atom is -0.497 e. The minimum absolute atomic E-state index is 0.0322. The number of aromatic nitrogens is 3. The van der Waals surface area contributed by atoms with Gasteiger partial charge >= 0.3 is 6.03 Å². The van der Waals surface area contributed by atoms with Gasteiger partial charge in [-0.2, -0.15) is 5.10 Å². The lowest BCUT2D eigenvalue weighted by Crippen LogP contribution is -2.46. The molecule has 7 nitrogen and oxygen atoms in total. The first-order chi connectivity index (χ1) is 14.2. The van der Waals surface area contributed by atoms with Gasteiger partial charge in [-0.15, -0.1) is 0 Å². The van der Waals surface area contributed by atoms with Crippen LogP contribution in [-0.2, 0) is 18.5 Å². The van der Waals surface area contributed by atoms with E-state index in [9.17, 15) is 4.79 Å². The first-order valence-corrected chi connectivity index (χ1v) is 9.82. The Labute approximate surface area is 169 Å². The number of ether oxygens (including phenoxy) is 1. The standard InChI is InChI=1S/C22H23N5O2/c1-29-18-4-3-17-14-26(15-22(6-7-22)19(17)12-18)21(28)24-13-16-5-9-23-20(11-16)27-10-2-8-25-27/h2-5,8-12H,6-7,13-15H2,1H3,(H,24,28). The van der Waals surface area contributed by atoms with Crippen molar-refractivity contribution in [2.45, 2.75) is 31.3 Å². The molecule has 0 atom stereocenters. The van der Waals surface area contributed by atoms with Gasteiger partial charge in [0.25, 0.3) is 0 Å². The van der Waals surface area contributed by atoms with E-state index >= 15 is 0 Å². The Balaban J connectivity index is 1.28. The van der Waals surface area contributed by atoms with E-state index in [1.54, 1.807) is 24.2 Å². The Morgan fingerprint density at radius 3 is 2.90 bits per heavy atom. The number of nitrogens with one attached hydrogen (secondary N) is 1. The van der Waals surface area contributed by atoms with Gasteiger partial charge in [0.15, 0.2) is 5.82 Å². The number of amides is 2. The number of hydrogen-bond acceptors (Lipinski definition) is 4. The Morgan fingerprint density at radius 2 is 2.14 bits per heavy atom. The molecule has 0 unspecified atom stereocenters. The monoisotopic (exact) mass is 389 g/mol. The van der Waals surface area contributed by atoms with Crippen LogP contribution in [0, 0.1) is 0 Å². The molecule has 0 saturated heterocycles. The third kappa shape index (κ3) is 3.33. The topological polar surface area (TPSA) is 72.3 Å². The number of rotatable bonds is 4. The number of methoxy groups -OCH3 is 1. The first kappa shape index (κ1) is 17.7. The maximum Gasteiger partial charge on any atom is 0.317 e. The second-order valence-electron chi connectivity index (χ2n) is 7.79. The van der Waals surface area contributed by atoms with Gasteiger partial charge in [0.1, 0.15) is 5.75 Å². The lowest BCUT2D eigenvalue weighted by molar-refractivity contribution is 0.183. The van der Waals surface area contributed by atoms with Crippen molar-refractivity contribution in [3.8, 4) is 11.6 Å². The van der Waals surface area contributed by atoms with E-state index in [0.29, 0.717) is 13.1 Å². The molecule has 7 heteroatoms. The molecule has 0 radical (unpaired) electrons. The lowest BCUT2D eigenvalue weighted by atomic mass is 9.87. The summed E-state index contributed by atoms with van der Waals surface area (Å²) in [5.41, 5.74) is 3.65. The van der Waals surface area contributed by atoms with Crippen LogP contribution in [0.15, 0.2) is 55.0 Å². The van der Waals surface area contributed by atoms with Crippen LogP contribution >= 0.6 is 0 Å². The smallest absolute Gasteiger partial charge is 0.317 e. The molecule has 1 aromatic carbocycles. The molecule has 2 aliphatic rings. The molecule has 1 aliphatic carbocycles. The van der Waals surface area contributed by atoms with Crippen LogP contribution in [0.3, 0.4) is 0 Å². The van der Waals surface area contributed by atoms with Crippen LogP contribution in [0.5, 0.6) is 5.75 Å². The Morgan fingerprint density at radius 1 is 1.24 bits per heavy atom. The quantitative estimate of drug-likeness (QED) is 0.745. The van der Waals surface area contributed by atoms with Crippen molar-refractivity contribution in [2.24, 2.45) is 0 Å². The highest BCUT2D eigenvalue weighted by Crippen LogP contribution is 2.53. The molecule has 1 spiro atoms. The van der Waals surface area contributed by atoms with Crippen LogP contribution in [-0.4, -0.2) is 39.4 Å². The molecule has 3 heterocycles. The number of urea groups is 1. The van der Waals surface area contributed by atoms with Crippen molar-refractivity contribution in [3.05, 3.63) is 71.7 Å². The van der Waals surface area contributed by atoms with Gasteiger partial charge in [-0.1, -0.05) is 6.07 Å². The SMILES string of the molecule is COc1ccc2c(c1)C1(CC1)CN(C(=O)NCc1ccnc(-n3cccn3)c1)C2. The third-order valence-electron chi connectivity index (χ3n) is 5.88. The van der Waals surface area contributed by atoms with E-state index in [2.05, 4.69) is 27.5 Å². The van der Waals surface area contributed by atoms with Crippen LogP contribution in [0.1, 0.15) is 29.5 Å².